The second-order valence-corrected chi connectivity index (χ2v) is 5.14. The van der Waals surface area contributed by atoms with Gasteiger partial charge in [0, 0.05) is 25.7 Å². The van der Waals surface area contributed by atoms with Crippen molar-refractivity contribution in [3.63, 3.8) is 0 Å². The van der Waals surface area contributed by atoms with Gasteiger partial charge in [-0.05, 0) is 18.9 Å². The van der Waals surface area contributed by atoms with Crippen LogP contribution in [-0.2, 0) is 4.79 Å². The largest absolute Gasteiger partial charge is 0.395 e. The van der Waals surface area contributed by atoms with E-state index in [-0.39, 0.29) is 30.8 Å². The minimum Gasteiger partial charge on any atom is -0.395 e. The van der Waals surface area contributed by atoms with Crippen molar-refractivity contribution >= 4 is 17.3 Å². The highest BCUT2D eigenvalue weighted by Gasteiger charge is 2.32. The van der Waals surface area contributed by atoms with Crippen LogP contribution in [0.4, 0.5) is 11.4 Å². The van der Waals surface area contributed by atoms with E-state index in [1.54, 1.807) is 35.0 Å². The van der Waals surface area contributed by atoms with Gasteiger partial charge in [0.05, 0.1) is 18.1 Å². The summed E-state index contributed by atoms with van der Waals surface area (Å²) in [4.78, 5) is 26.1. The van der Waals surface area contributed by atoms with Gasteiger partial charge in [0.25, 0.3) is 5.69 Å². The number of likely N-dealkylation sites (N-methyl/N-ethyl adjacent to an activating group) is 1. The highest BCUT2D eigenvalue weighted by Crippen LogP contribution is 2.29. The van der Waals surface area contributed by atoms with Crippen LogP contribution in [-0.4, -0.2) is 53.6 Å². The number of nitro benzene ring substituents is 1. The van der Waals surface area contributed by atoms with Crippen LogP contribution in [0.2, 0.25) is 0 Å². The molecular formula is C14H19N3O4. The first kappa shape index (κ1) is 15.2. The zero-order chi connectivity index (χ0) is 15.4. The minimum atomic E-state index is -0.456. The number of amides is 1. The Morgan fingerprint density at radius 2 is 2.10 bits per heavy atom. The lowest BCUT2D eigenvalue weighted by Crippen LogP contribution is -2.42. The molecule has 114 valence electrons. The lowest BCUT2D eigenvalue weighted by atomic mass is 10.2. The Kier molecular flexibility index (Phi) is 4.74. The molecule has 1 aliphatic rings. The fourth-order valence-corrected chi connectivity index (χ4v) is 2.33. The fraction of sp³-hybridized carbons (Fsp3) is 0.500. The Balaban J connectivity index is 2.08. The van der Waals surface area contributed by atoms with Crippen LogP contribution in [0.5, 0.6) is 0 Å². The maximum absolute atomic E-state index is 12.3. The molecule has 2 rings (SSSR count). The number of nitro groups is 1. The molecule has 0 aliphatic heterocycles. The van der Waals surface area contributed by atoms with E-state index in [2.05, 4.69) is 0 Å². The number of aliphatic hydroxyl groups excluding tert-OH is 1. The van der Waals surface area contributed by atoms with Gasteiger partial charge in [-0.25, -0.2) is 0 Å². The van der Waals surface area contributed by atoms with Crippen molar-refractivity contribution in [3.05, 3.63) is 34.4 Å². The van der Waals surface area contributed by atoms with Crippen LogP contribution in [0.15, 0.2) is 24.3 Å². The number of carbonyl (C=O) groups is 1. The number of benzene rings is 1. The molecule has 0 saturated heterocycles. The van der Waals surface area contributed by atoms with Crippen molar-refractivity contribution in [3.8, 4) is 0 Å². The molecule has 7 heteroatoms. The van der Waals surface area contributed by atoms with E-state index in [4.69, 9.17) is 5.11 Å². The third kappa shape index (κ3) is 3.69. The molecule has 0 spiro atoms. The summed E-state index contributed by atoms with van der Waals surface area (Å²) in [6.45, 7) is 0.299. The lowest BCUT2D eigenvalue weighted by Gasteiger charge is -2.25. The smallest absolute Gasteiger partial charge is 0.292 e. The predicted octanol–water partition coefficient (Wildman–Crippen LogP) is 1.01. The van der Waals surface area contributed by atoms with Crippen LogP contribution < -0.4 is 4.90 Å². The highest BCUT2D eigenvalue weighted by molar-refractivity contribution is 5.83. The molecule has 0 atom stereocenters. The average molecular weight is 293 g/mol. The minimum absolute atomic E-state index is 0.0204. The average Bonchev–Trinajstić information content (AvgIpc) is 3.29. The molecule has 1 N–H and O–H groups in total. The van der Waals surface area contributed by atoms with Gasteiger partial charge in [-0.15, -0.1) is 0 Å². The first-order valence-electron chi connectivity index (χ1n) is 6.89. The van der Waals surface area contributed by atoms with E-state index >= 15 is 0 Å². The van der Waals surface area contributed by atoms with Crippen molar-refractivity contribution in [2.45, 2.75) is 18.9 Å². The number of anilines is 1. The van der Waals surface area contributed by atoms with E-state index in [1.807, 2.05) is 0 Å². The Hall–Kier alpha value is -2.15. The van der Waals surface area contributed by atoms with Crippen LogP contribution in [0.1, 0.15) is 12.8 Å². The highest BCUT2D eigenvalue weighted by atomic mass is 16.6. The summed E-state index contributed by atoms with van der Waals surface area (Å²) in [7, 11) is 1.66. The number of hydrogen-bond acceptors (Lipinski definition) is 5. The summed E-state index contributed by atoms with van der Waals surface area (Å²) in [5.74, 6) is -0.118. The molecule has 1 fully saturated rings. The third-order valence-electron chi connectivity index (χ3n) is 3.51. The van der Waals surface area contributed by atoms with Gasteiger partial charge >= 0.3 is 0 Å². The van der Waals surface area contributed by atoms with E-state index in [0.717, 1.165) is 12.8 Å². The normalized spacial score (nSPS) is 13.8. The molecule has 1 aromatic rings. The molecule has 0 unspecified atom stereocenters. The molecule has 1 saturated carbocycles. The van der Waals surface area contributed by atoms with Gasteiger partial charge in [0.15, 0.2) is 0 Å². The fourth-order valence-electron chi connectivity index (χ4n) is 2.33. The molecule has 1 aromatic carbocycles. The third-order valence-corrected chi connectivity index (χ3v) is 3.51. The Labute approximate surface area is 122 Å². The van der Waals surface area contributed by atoms with Crippen molar-refractivity contribution in [2.75, 3.05) is 31.6 Å². The van der Waals surface area contributed by atoms with Crippen LogP contribution >= 0.6 is 0 Å². The predicted molar refractivity (Wildman–Crippen MR) is 78.2 cm³/mol. The summed E-state index contributed by atoms with van der Waals surface area (Å²) >= 11 is 0. The summed E-state index contributed by atoms with van der Waals surface area (Å²) in [5.41, 5.74) is 0.392. The maximum atomic E-state index is 12.3. The summed E-state index contributed by atoms with van der Waals surface area (Å²) in [6.07, 6.45) is 1.92. The van der Waals surface area contributed by atoms with Gasteiger partial charge < -0.3 is 14.9 Å². The quantitative estimate of drug-likeness (QED) is 0.599. The first-order valence-corrected chi connectivity index (χ1v) is 6.89. The molecule has 0 heterocycles. The molecular weight excluding hydrogens is 274 g/mol. The van der Waals surface area contributed by atoms with Crippen LogP contribution in [0.3, 0.4) is 0 Å². The number of carbonyl (C=O) groups excluding carboxylic acids is 1. The molecule has 0 bridgehead atoms. The summed E-state index contributed by atoms with van der Waals surface area (Å²) < 4.78 is 0. The molecule has 0 radical (unpaired) electrons. The molecule has 7 nitrogen and oxygen atoms in total. The van der Waals surface area contributed by atoms with Gasteiger partial charge in [-0.2, -0.15) is 0 Å². The van der Waals surface area contributed by atoms with Crippen molar-refractivity contribution in [1.29, 1.82) is 0 Å². The second kappa shape index (κ2) is 6.53. The van der Waals surface area contributed by atoms with Crippen LogP contribution in [0, 0.1) is 10.1 Å². The Morgan fingerprint density at radius 3 is 2.67 bits per heavy atom. The Morgan fingerprint density at radius 1 is 1.43 bits per heavy atom. The van der Waals surface area contributed by atoms with Crippen LogP contribution in [0.25, 0.3) is 0 Å². The zero-order valence-electron chi connectivity index (χ0n) is 11.9. The summed E-state index contributed by atoms with van der Waals surface area (Å²) in [5, 5.41) is 20.1. The molecule has 1 aliphatic carbocycles. The maximum Gasteiger partial charge on any atom is 0.292 e. The lowest BCUT2D eigenvalue weighted by molar-refractivity contribution is -0.384. The second-order valence-electron chi connectivity index (χ2n) is 5.14. The van der Waals surface area contributed by atoms with Crippen molar-refractivity contribution < 1.29 is 14.8 Å². The van der Waals surface area contributed by atoms with Crippen molar-refractivity contribution in [1.82, 2.24) is 4.90 Å². The topological polar surface area (TPSA) is 86.9 Å². The number of rotatable bonds is 7. The van der Waals surface area contributed by atoms with Crippen molar-refractivity contribution in [2.24, 2.45) is 0 Å². The standard InChI is InChI=1S/C14H19N3O4/c1-15(12-4-2-3-5-13(12)17(20)21)10-14(19)16(8-9-18)11-6-7-11/h2-5,11,18H,6-10H2,1H3. The number of hydrogen-bond donors (Lipinski definition) is 1. The SMILES string of the molecule is CN(CC(=O)N(CCO)C1CC1)c1ccccc1[N+](=O)[O-]. The number of nitrogens with zero attached hydrogens (tertiary/aromatic N) is 3. The van der Waals surface area contributed by atoms with Gasteiger partial charge in [-0.1, -0.05) is 12.1 Å². The first-order chi connectivity index (χ1) is 10.0. The van der Waals surface area contributed by atoms with Gasteiger partial charge in [0.1, 0.15) is 5.69 Å². The zero-order valence-corrected chi connectivity index (χ0v) is 11.9. The monoisotopic (exact) mass is 293 g/mol. The number of aliphatic hydroxyl groups is 1. The van der Waals surface area contributed by atoms with E-state index in [0.29, 0.717) is 12.2 Å². The van der Waals surface area contributed by atoms with E-state index < -0.39 is 4.92 Å². The van der Waals surface area contributed by atoms with E-state index in [1.165, 1.54) is 6.07 Å². The molecule has 0 aromatic heterocycles. The van der Waals surface area contributed by atoms with Gasteiger partial charge in [-0.3, -0.25) is 14.9 Å². The Bertz CT molecular complexity index is 531. The van der Waals surface area contributed by atoms with E-state index in [9.17, 15) is 14.9 Å². The number of para-hydroxylation sites is 2. The summed E-state index contributed by atoms with van der Waals surface area (Å²) in [6, 6.07) is 6.56. The molecule has 21 heavy (non-hydrogen) atoms. The van der Waals surface area contributed by atoms with Gasteiger partial charge in [0.2, 0.25) is 5.91 Å². The molecule has 1 amide bonds.